The van der Waals surface area contributed by atoms with Crippen molar-refractivity contribution in [1.82, 2.24) is 0 Å². The molecule has 0 aromatic heterocycles. The van der Waals surface area contributed by atoms with Crippen LogP contribution >= 0.6 is 15.9 Å². The van der Waals surface area contributed by atoms with Gasteiger partial charge in [0.1, 0.15) is 5.75 Å². The molecule has 3 aromatic rings. The van der Waals surface area contributed by atoms with Crippen LogP contribution in [-0.2, 0) is 16.4 Å². The fourth-order valence-corrected chi connectivity index (χ4v) is 3.60. The van der Waals surface area contributed by atoms with Crippen molar-refractivity contribution in [2.45, 2.75) is 32.4 Å². The minimum atomic E-state index is -4.50. The van der Waals surface area contributed by atoms with Crippen LogP contribution in [0.2, 0.25) is 0 Å². The van der Waals surface area contributed by atoms with E-state index in [0.29, 0.717) is 11.4 Å². The van der Waals surface area contributed by atoms with Gasteiger partial charge in [0.25, 0.3) is 11.8 Å². The number of amides is 2. The smallest absolute Gasteiger partial charge is 0.416 e. The molecular weight excluding hydrogens is 525 g/mol. The number of anilines is 2. The molecule has 184 valence electrons. The van der Waals surface area contributed by atoms with Gasteiger partial charge in [-0.1, -0.05) is 42.8 Å². The normalized spacial score (nSPS) is 11.6. The first-order valence-corrected chi connectivity index (χ1v) is 11.4. The average Bonchev–Trinajstić information content (AvgIpc) is 2.77. The zero-order valence-corrected chi connectivity index (χ0v) is 20.9. The molecule has 0 bridgehead atoms. The maximum absolute atomic E-state index is 12.9. The molecule has 0 aliphatic carbocycles. The maximum Gasteiger partial charge on any atom is 0.416 e. The molecular formula is C26H24BrF3N2O3. The number of carbonyl (C=O) groups is 2. The van der Waals surface area contributed by atoms with Crippen LogP contribution in [0.1, 0.15) is 42.3 Å². The summed E-state index contributed by atoms with van der Waals surface area (Å²) in [5, 5.41) is 5.13. The second-order valence-corrected chi connectivity index (χ2v) is 9.75. The molecule has 0 saturated carbocycles. The third kappa shape index (κ3) is 7.32. The zero-order valence-electron chi connectivity index (χ0n) is 19.3. The second-order valence-electron chi connectivity index (χ2n) is 8.84. The zero-order chi connectivity index (χ0) is 25.8. The van der Waals surface area contributed by atoms with Crippen LogP contribution in [-0.4, -0.2) is 18.4 Å². The summed E-state index contributed by atoms with van der Waals surface area (Å²) in [6.07, 6.45) is -4.50. The molecule has 3 rings (SSSR count). The molecule has 0 spiro atoms. The minimum Gasteiger partial charge on any atom is -0.483 e. The van der Waals surface area contributed by atoms with Crippen molar-refractivity contribution >= 4 is 39.1 Å². The van der Waals surface area contributed by atoms with Gasteiger partial charge in [-0.3, -0.25) is 9.59 Å². The number of halogens is 4. The molecule has 0 aliphatic heterocycles. The van der Waals surface area contributed by atoms with Crippen LogP contribution in [0, 0.1) is 0 Å². The predicted molar refractivity (Wildman–Crippen MR) is 133 cm³/mol. The van der Waals surface area contributed by atoms with Gasteiger partial charge in [-0.25, -0.2) is 0 Å². The first-order valence-electron chi connectivity index (χ1n) is 10.6. The molecule has 0 aliphatic rings. The fraction of sp³-hybridized carbons (Fsp3) is 0.231. The number of ether oxygens (including phenoxy) is 1. The molecule has 2 amide bonds. The molecule has 0 radical (unpaired) electrons. The first kappa shape index (κ1) is 26.3. The highest BCUT2D eigenvalue weighted by Crippen LogP contribution is 2.34. The van der Waals surface area contributed by atoms with Crippen molar-refractivity contribution < 1.29 is 27.5 Å². The Morgan fingerprint density at radius 1 is 0.886 bits per heavy atom. The number of carbonyl (C=O) groups excluding carboxylic acids is 2. The van der Waals surface area contributed by atoms with Crippen molar-refractivity contribution in [1.29, 1.82) is 0 Å². The monoisotopic (exact) mass is 548 g/mol. The Morgan fingerprint density at radius 3 is 2.20 bits per heavy atom. The highest BCUT2D eigenvalue weighted by Gasteiger charge is 2.30. The Balaban J connectivity index is 1.59. The van der Waals surface area contributed by atoms with E-state index < -0.39 is 17.6 Å². The van der Waals surface area contributed by atoms with Crippen LogP contribution < -0.4 is 15.4 Å². The molecule has 0 atom stereocenters. The molecule has 0 unspecified atom stereocenters. The van der Waals surface area contributed by atoms with E-state index in [4.69, 9.17) is 4.74 Å². The number of hydrogen-bond donors (Lipinski definition) is 2. The summed E-state index contributed by atoms with van der Waals surface area (Å²) in [6, 6.07) is 16.0. The van der Waals surface area contributed by atoms with Gasteiger partial charge >= 0.3 is 6.18 Å². The summed E-state index contributed by atoms with van der Waals surface area (Å²) in [5.74, 6) is -0.345. The summed E-state index contributed by atoms with van der Waals surface area (Å²) < 4.78 is 45.2. The molecule has 0 saturated heterocycles. The highest BCUT2D eigenvalue weighted by atomic mass is 79.9. The molecule has 2 N–H and O–H groups in total. The van der Waals surface area contributed by atoms with E-state index in [1.807, 2.05) is 32.9 Å². The summed E-state index contributed by atoms with van der Waals surface area (Å²) in [7, 11) is 0. The Hall–Kier alpha value is -3.33. The van der Waals surface area contributed by atoms with Gasteiger partial charge in [-0.05, 0) is 66.1 Å². The quantitative estimate of drug-likeness (QED) is 0.347. The largest absolute Gasteiger partial charge is 0.483 e. The molecule has 3 aromatic carbocycles. The Bertz CT molecular complexity index is 1220. The van der Waals surface area contributed by atoms with Crippen molar-refractivity contribution in [3.05, 3.63) is 87.9 Å². The van der Waals surface area contributed by atoms with Crippen LogP contribution in [0.5, 0.6) is 5.75 Å². The highest BCUT2D eigenvalue weighted by molar-refractivity contribution is 9.10. The van der Waals surface area contributed by atoms with E-state index >= 15 is 0 Å². The molecule has 0 fully saturated rings. The second kappa shape index (κ2) is 10.5. The van der Waals surface area contributed by atoms with E-state index in [9.17, 15) is 22.8 Å². The topological polar surface area (TPSA) is 67.4 Å². The third-order valence-corrected chi connectivity index (χ3v) is 5.48. The lowest BCUT2D eigenvalue weighted by Gasteiger charge is -2.23. The van der Waals surface area contributed by atoms with Crippen LogP contribution in [0.25, 0.3) is 0 Å². The number of hydrogen-bond acceptors (Lipinski definition) is 3. The molecule has 35 heavy (non-hydrogen) atoms. The lowest BCUT2D eigenvalue weighted by Crippen LogP contribution is -2.22. The average molecular weight is 549 g/mol. The number of benzene rings is 3. The minimum absolute atomic E-state index is 0.0296. The molecule has 0 heterocycles. The number of rotatable bonds is 6. The van der Waals surface area contributed by atoms with Gasteiger partial charge in [0.15, 0.2) is 6.61 Å². The summed E-state index contributed by atoms with van der Waals surface area (Å²) in [4.78, 5) is 24.8. The lowest BCUT2D eigenvalue weighted by molar-refractivity contribution is -0.137. The van der Waals surface area contributed by atoms with E-state index in [1.165, 1.54) is 36.4 Å². The van der Waals surface area contributed by atoms with E-state index in [-0.39, 0.29) is 29.2 Å². The summed E-state index contributed by atoms with van der Waals surface area (Å²) >= 11 is 3.45. The van der Waals surface area contributed by atoms with Crippen molar-refractivity contribution in [3.63, 3.8) is 0 Å². The van der Waals surface area contributed by atoms with Gasteiger partial charge in [0.2, 0.25) is 0 Å². The SMILES string of the molecule is CC(C)(C)c1cc(Br)ccc1OCC(=O)Nc1ccc(C(=O)Nc2cccc(C(F)(F)F)c2)cc1. The number of nitrogens with one attached hydrogen (secondary N) is 2. The standard InChI is InChI=1S/C26H24BrF3N2O3/c1-25(2,3)21-14-18(27)9-12-22(21)35-15-23(33)31-19-10-7-16(8-11-19)24(34)32-20-6-4-5-17(13-20)26(28,29)30/h4-14H,15H2,1-3H3,(H,31,33)(H,32,34). The van der Waals surface area contributed by atoms with Crippen molar-refractivity contribution in [2.75, 3.05) is 17.2 Å². The maximum atomic E-state index is 12.9. The van der Waals surface area contributed by atoms with E-state index in [1.54, 1.807) is 6.07 Å². The van der Waals surface area contributed by atoms with Gasteiger partial charge < -0.3 is 15.4 Å². The summed E-state index contributed by atoms with van der Waals surface area (Å²) in [5.41, 5.74) is 0.619. The van der Waals surface area contributed by atoms with Crippen molar-refractivity contribution in [2.24, 2.45) is 0 Å². The Kier molecular flexibility index (Phi) is 7.90. The predicted octanol–water partition coefficient (Wildman–Crippen LogP) is 7.04. The molecule has 9 heteroatoms. The Labute approximate surface area is 209 Å². The summed E-state index contributed by atoms with van der Waals surface area (Å²) in [6.45, 7) is 5.94. The van der Waals surface area contributed by atoms with E-state index in [2.05, 4.69) is 26.6 Å². The van der Waals surface area contributed by atoms with Crippen molar-refractivity contribution in [3.8, 4) is 5.75 Å². The fourth-order valence-electron chi connectivity index (χ4n) is 3.24. The van der Waals surface area contributed by atoms with Crippen LogP contribution in [0.4, 0.5) is 24.5 Å². The van der Waals surface area contributed by atoms with Gasteiger partial charge in [0.05, 0.1) is 5.56 Å². The molecule has 5 nitrogen and oxygen atoms in total. The lowest BCUT2D eigenvalue weighted by atomic mass is 9.86. The van der Waals surface area contributed by atoms with Gasteiger partial charge in [0, 0.05) is 27.0 Å². The van der Waals surface area contributed by atoms with Crippen LogP contribution in [0.3, 0.4) is 0 Å². The first-order chi connectivity index (χ1) is 16.3. The Morgan fingerprint density at radius 2 is 1.57 bits per heavy atom. The van der Waals surface area contributed by atoms with Gasteiger partial charge in [-0.2, -0.15) is 13.2 Å². The third-order valence-electron chi connectivity index (χ3n) is 4.99. The number of alkyl halides is 3. The van der Waals surface area contributed by atoms with Crippen LogP contribution in [0.15, 0.2) is 71.2 Å². The van der Waals surface area contributed by atoms with E-state index in [0.717, 1.165) is 22.2 Å². The van der Waals surface area contributed by atoms with Gasteiger partial charge in [-0.15, -0.1) is 0 Å².